The van der Waals surface area contributed by atoms with Gasteiger partial charge in [0.2, 0.25) is 11.8 Å². The van der Waals surface area contributed by atoms with E-state index in [2.05, 4.69) is 10.6 Å². The van der Waals surface area contributed by atoms with Gasteiger partial charge in [-0.05, 0) is 36.3 Å². The van der Waals surface area contributed by atoms with E-state index in [1.54, 1.807) is 29.8 Å². The molecule has 3 aliphatic rings. The summed E-state index contributed by atoms with van der Waals surface area (Å²) in [6.07, 6.45) is 5.91. The molecule has 152 valence electrons. The summed E-state index contributed by atoms with van der Waals surface area (Å²) < 4.78 is 0. The molecule has 4 unspecified atom stereocenters. The molecular weight excluding hydrogens is 386 g/mol. The molecule has 1 aromatic rings. The molecule has 1 fully saturated rings. The van der Waals surface area contributed by atoms with Gasteiger partial charge in [-0.15, -0.1) is 0 Å². The number of ketones is 1. The van der Waals surface area contributed by atoms with Crippen LogP contribution < -0.4 is 15.5 Å². The second-order valence-electron chi connectivity index (χ2n) is 7.79. The third-order valence-electron chi connectivity index (χ3n) is 6.08. The number of nitrogens with one attached hydrogen (secondary N) is 2. The van der Waals surface area contributed by atoms with Crippen LogP contribution in [0.2, 0.25) is 0 Å². The number of amides is 2. The van der Waals surface area contributed by atoms with Crippen LogP contribution >= 0.6 is 11.8 Å². The molecule has 0 saturated carbocycles. The minimum Gasteiger partial charge on any atom is -0.374 e. The Morgan fingerprint density at radius 2 is 1.97 bits per heavy atom. The highest BCUT2D eigenvalue weighted by Crippen LogP contribution is 2.43. The van der Waals surface area contributed by atoms with Crippen LogP contribution in [-0.4, -0.2) is 48.7 Å². The van der Waals surface area contributed by atoms with Gasteiger partial charge in [-0.25, -0.2) is 0 Å². The van der Waals surface area contributed by atoms with Crippen molar-refractivity contribution in [1.82, 2.24) is 10.6 Å². The van der Waals surface area contributed by atoms with Crippen LogP contribution in [0.5, 0.6) is 0 Å². The maximum Gasteiger partial charge on any atom is 0.243 e. The van der Waals surface area contributed by atoms with Crippen LogP contribution in [0.15, 0.2) is 47.7 Å². The molecule has 6 nitrogen and oxygen atoms in total. The van der Waals surface area contributed by atoms with Gasteiger partial charge < -0.3 is 15.5 Å². The van der Waals surface area contributed by atoms with Crippen molar-refractivity contribution in [2.24, 2.45) is 5.92 Å². The molecule has 1 aliphatic carbocycles. The lowest BCUT2D eigenvalue weighted by atomic mass is 9.80. The lowest BCUT2D eigenvalue weighted by molar-refractivity contribution is -0.126. The number of nitrogens with zero attached hydrogens (tertiary/aromatic N) is 1. The zero-order valence-corrected chi connectivity index (χ0v) is 17.6. The number of carbonyl (C=O) groups excluding carboxylic acids is 3. The summed E-state index contributed by atoms with van der Waals surface area (Å²) in [5, 5.41) is 6.46. The van der Waals surface area contributed by atoms with Gasteiger partial charge in [-0.3, -0.25) is 14.4 Å². The van der Waals surface area contributed by atoms with E-state index in [9.17, 15) is 14.4 Å². The minimum absolute atomic E-state index is 0.0133. The van der Waals surface area contributed by atoms with E-state index >= 15 is 0 Å². The molecule has 4 atom stereocenters. The highest BCUT2D eigenvalue weighted by molar-refractivity contribution is 7.98. The summed E-state index contributed by atoms with van der Waals surface area (Å²) in [6.45, 7) is 1.98. The summed E-state index contributed by atoms with van der Waals surface area (Å²) in [5.74, 6) is -0.0830. The molecule has 29 heavy (non-hydrogen) atoms. The number of hydrogen-bond acceptors (Lipinski definition) is 5. The number of carbonyl (C=O) groups is 3. The number of fused-ring (bicyclic) bond motifs is 1. The van der Waals surface area contributed by atoms with Crippen molar-refractivity contribution in [2.75, 3.05) is 24.0 Å². The van der Waals surface area contributed by atoms with Gasteiger partial charge in [0.15, 0.2) is 5.78 Å². The van der Waals surface area contributed by atoms with Gasteiger partial charge in [0.05, 0.1) is 12.0 Å². The van der Waals surface area contributed by atoms with Crippen molar-refractivity contribution in [3.05, 3.63) is 53.3 Å². The summed E-state index contributed by atoms with van der Waals surface area (Å²) in [7, 11) is 1.78. The smallest absolute Gasteiger partial charge is 0.243 e. The lowest BCUT2D eigenvalue weighted by Gasteiger charge is -2.39. The fraction of sp³-hybridized carbons (Fsp3) is 0.409. The zero-order valence-electron chi connectivity index (χ0n) is 16.8. The number of allylic oxidation sites excluding steroid dienone is 3. The number of anilines is 1. The summed E-state index contributed by atoms with van der Waals surface area (Å²) in [6, 6.07) is 6.95. The number of likely N-dealkylation sites (N-methyl/N-ethyl adjacent to an activating group) is 1. The van der Waals surface area contributed by atoms with Crippen molar-refractivity contribution >= 4 is 35.0 Å². The van der Waals surface area contributed by atoms with Gasteiger partial charge in [0.1, 0.15) is 6.04 Å². The van der Waals surface area contributed by atoms with Crippen molar-refractivity contribution in [1.29, 1.82) is 0 Å². The number of rotatable bonds is 4. The van der Waals surface area contributed by atoms with Crippen LogP contribution in [0.4, 0.5) is 5.69 Å². The monoisotopic (exact) mass is 411 g/mol. The second kappa shape index (κ2) is 7.71. The van der Waals surface area contributed by atoms with E-state index in [0.29, 0.717) is 17.7 Å². The SMILES string of the molecule is CSCC1N/C(=C2/CC=CC2=O)C(C(C)C2C(=O)N(C)c3ccccc32)NC1=O. The van der Waals surface area contributed by atoms with Crippen molar-refractivity contribution < 1.29 is 14.4 Å². The summed E-state index contributed by atoms with van der Waals surface area (Å²) in [4.78, 5) is 39.9. The summed E-state index contributed by atoms with van der Waals surface area (Å²) in [5.41, 5.74) is 3.30. The summed E-state index contributed by atoms with van der Waals surface area (Å²) >= 11 is 1.58. The molecule has 2 N–H and O–H groups in total. The van der Waals surface area contributed by atoms with Gasteiger partial charge in [0.25, 0.3) is 0 Å². The van der Waals surface area contributed by atoms with E-state index in [-0.39, 0.29) is 29.4 Å². The first-order valence-electron chi connectivity index (χ1n) is 9.80. The van der Waals surface area contributed by atoms with Gasteiger partial charge in [0, 0.05) is 29.8 Å². The average Bonchev–Trinajstić information content (AvgIpc) is 3.24. The van der Waals surface area contributed by atoms with Gasteiger partial charge in [-0.1, -0.05) is 31.2 Å². The highest BCUT2D eigenvalue weighted by atomic mass is 32.2. The molecule has 7 heteroatoms. The minimum atomic E-state index is -0.423. The Morgan fingerprint density at radius 1 is 1.21 bits per heavy atom. The van der Waals surface area contributed by atoms with Gasteiger partial charge >= 0.3 is 0 Å². The Morgan fingerprint density at radius 3 is 2.66 bits per heavy atom. The number of benzene rings is 1. The van der Waals surface area contributed by atoms with E-state index < -0.39 is 12.1 Å². The first-order chi connectivity index (χ1) is 13.9. The topological polar surface area (TPSA) is 78.5 Å². The standard InChI is InChI=1S/C22H25N3O3S/c1-12(18-13-7-4-5-9-16(13)25(2)22(18)28)19-20(14-8-6-10-17(14)26)23-15(11-29-3)21(27)24-19/h4-7,9-10,12,15,18-19,23H,8,11H2,1-3H3,(H,24,27)/b20-14-. The quantitative estimate of drug-likeness (QED) is 0.741. The molecule has 0 aromatic heterocycles. The molecule has 2 heterocycles. The number of thioether (sulfide) groups is 1. The second-order valence-corrected chi connectivity index (χ2v) is 8.71. The van der Waals surface area contributed by atoms with Crippen molar-refractivity contribution in [3.8, 4) is 0 Å². The molecule has 4 rings (SSSR count). The third-order valence-corrected chi connectivity index (χ3v) is 6.75. The van der Waals surface area contributed by atoms with Crippen LogP contribution in [0, 0.1) is 5.92 Å². The highest BCUT2D eigenvalue weighted by Gasteiger charge is 2.45. The van der Waals surface area contributed by atoms with Crippen LogP contribution in [0.25, 0.3) is 0 Å². The van der Waals surface area contributed by atoms with E-state index in [0.717, 1.165) is 16.9 Å². The Hall–Kier alpha value is -2.54. The number of para-hydroxylation sites is 1. The molecular formula is C22H25N3O3S. The Labute approximate surface area is 174 Å². The normalized spacial score (nSPS) is 29.7. The first kappa shape index (κ1) is 19.8. The Kier molecular flexibility index (Phi) is 5.25. The number of hydrogen-bond donors (Lipinski definition) is 2. The van der Waals surface area contributed by atoms with Crippen LogP contribution in [0.3, 0.4) is 0 Å². The predicted molar refractivity (Wildman–Crippen MR) is 115 cm³/mol. The molecule has 2 amide bonds. The van der Waals surface area contributed by atoms with E-state index in [4.69, 9.17) is 0 Å². The van der Waals surface area contributed by atoms with Crippen LogP contribution in [-0.2, 0) is 14.4 Å². The maximum absolute atomic E-state index is 13.1. The third kappa shape index (κ3) is 3.27. The fourth-order valence-corrected chi connectivity index (χ4v) is 5.13. The Bertz CT molecular complexity index is 939. The van der Waals surface area contributed by atoms with E-state index in [1.807, 2.05) is 43.5 Å². The van der Waals surface area contributed by atoms with Crippen molar-refractivity contribution in [2.45, 2.75) is 31.3 Å². The first-order valence-corrected chi connectivity index (χ1v) is 11.2. The average molecular weight is 412 g/mol. The molecule has 0 bridgehead atoms. The molecule has 1 aromatic carbocycles. The fourth-order valence-electron chi connectivity index (χ4n) is 4.57. The maximum atomic E-state index is 13.1. The molecule has 2 aliphatic heterocycles. The molecule has 0 spiro atoms. The zero-order chi connectivity index (χ0) is 20.7. The van der Waals surface area contributed by atoms with E-state index in [1.165, 1.54) is 0 Å². The van der Waals surface area contributed by atoms with Gasteiger partial charge in [-0.2, -0.15) is 11.8 Å². The largest absolute Gasteiger partial charge is 0.374 e. The number of piperazine rings is 1. The Balaban J connectivity index is 1.73. The van der Waals surface area contributed by atoms with Crippen molar-refractivity contribution in [3.63, 3.8) is 0 Å². The van der Waals surface area contributed by atoms with Crippen LogP contribution in [0.1, 0.15) is 24.8 Å². The lowest BCUT2D eigenvalue weighted by Crippen LogP contribution is -2.60. The predicted octanol–water partition coefficient (Wildman–Crippen LogP) is 1.99. The molecule has 1 saturated heterocycles. The molecule has 0 radical (unpaired) electrons.